The molecule has 5 nitrogen and oxygen atoms in total. The number of nitrogens with two attached hydrogens (primary N) is 1. The molecule has 0 spiro atoms. The molecule has 0 fully saturated rings. The standard InChI is InChI=1S/C16H24ClN5/c1-12-5-6-13(11-14(12)17)16(18)20-9-7-15(21-16)19-8-4-10-22(2)3/h5-7,9,11,19,21H,4,8,10,18H2,1-3H3. The second kappa shape index (κ2) is 7.13. The number of rotatable bonds is 6. The lowest BCUT2D eigenvalue weighted by atomic mass is 10.1. The minimum Gasteiger partial charge on any atom is -0.372 e. The lowest BCUT2D eigenvalue weighted by Gasteiger charge is -2.32. The Bertz CT molecular complexity index is 582. The van der Waals surface area contributed by atoms with Crippen LogP contribution >= 0.6 is 11.6 Å². The molecule has 1 aliphatic heterocycles. The lowest BCUT2D eigenvalue weighted by Crippen LogP contribution is -2.52. The zero-order chi connectivity index (χ0) is 16.2. The summed E-state index contributed by atoms with van der Waals surface area (Å²) < 4.78 is 0. The van der Waals surface area contributed by atoms with Gasteiger partial charge in [-0.15, -0.1) is 0 Å². The van der Waals surface area contributed by atoms with E-state index in [1.165, 1.54) is 0 Å². The second-order valence-corrected chi connectivity index (χ2v) is 6.20. The second-order valence-electron chi connectivity index (χ2n) is 5.80. The monoisotopic (exact) mass is 321 g/mol. The van der Waals surface area contributed by atoms with Gasteiger partial charge in [-0.3, -0.25) is 5.73 Å². The average Bonchev–Trinajstić information content (AvgIpc) is 2.46. The van der Waals surface area contributed by atoms with Crippen LogP contribution in [-0.4, -0.2) is 38.3 Å². The van der Waals surface area contributed by atoms with Crippen LogP contribution in [0.15, 0.2) is 35.1 Å². The molecule has 0 aromatic heterocycles. The summed E-state index contributed by atoms with van der Waals surface area (Å²) in [4.78, 5) is 6.53. The van der Waals surface area contributed by atoms with E-state index in [1.807, 2.05) is 31.2 Å². The fourth-order valence-electron chi connectivity index (χ4n) is 2.21. The number of hydrogen-bond donors (Lipinski definition) is 3. The maximum absolute atomic E-state index is 6.39. The Labute approximate surface area is 137 Å². The highest BCUT2D eigenvalue weighted by atomic mass is 35.5. The smallest absolute Gasteiger partial charge is 0.210 e. The third kappa shape index (κ3) is 4.22. The van der Waals surface area contributed by atoms with Crippen molar-refractivity contribution in [3.8, 4) is 0 Å². The quantitative estimate of drug-likeness (QED) is 0.699. The molecule has 4 N–H and O–H groups in total. The summed E-state index contributed by atoms with van der Waals surface area (Å²) in [6.45, 7) is 3.87. The molecule has 1 atom stereocenters. The van der Waals surface area contributed by atoms with Gasteiger partial charge in [-0.1, -0.05) is 23.7 Å². The lowest BCUT2D eigenvalue weighted by molar-refractivity contribution is 0.371. The van der Waals surface area contributed by atoms with E-state index >= 15 is 0 Å². The molecule has 0 bridgehead atoms. The zero-order valence-electron chi connectivity index (χ0n) is 13.4. The van der Waals surface area contributed by atoms with Crippen molar-refractivity contribution in [2.24, 2.45) is 10.7 Å². The maximum atomic E-state index is 6.39. The SMILES string of the molecule is Cc1ccc(C2(N)N=CC=C(NCCCN(C)C)N2)cc1Cl. The molecule has 1 aromatic carbocycles. The first-order valence-electron chi connectivity index (χ1n) is 7.38. The van der Waals surface area contributed by atoms with Crippen molar-refractivity contribution >= 4 is 17.8 Å². The van der Waals surface area contributed by atoms with Crippen LogP contribution in [0.5, 0.6) is 0 Å². The van der Waals surface area contributed by atoms with Crippen LogP contribution in [0.25, 0.3) is 0 Å². The van der Waals surface area contributed by atoms with Gasteiger partial charge < -0.3 is 15.5 Å². The molecule has 1 heterocycles. The molecule has 0 amide bonds. The first-order valence-corrected chi connectivity index (χ1v) is 7.76. The van der Waals surface area contributed by atoms with Gasteiger partial charge in [-0.2, -0.15) is 0 Å². The van der Waals surface area contributed by atoms with Gasteiger partial charge >= 0.3 is 0 Å². The van der Waals surface area contributed by atoms with Gasteiger partial charge in [0.2, 0.25) is 5.79 Å². The maximum Gasteiger partial charge on any atom is 0.210 e. The molecular formula is C16H24ClN5. The van der Waals surface area contributed by atoms with Gasteiger partial charge in [0.1, 0.15) is 5.82 Å². The highest BCUT2D eigenvalue weighted by Gasteiger charge is 2.28. The number of nitrogens with one attached hydrogen (secondary N) is 2. The molecule has 1 aromatic rings. The Morgan fingerprint density at radius 1 is 1.41 bits per heavy atom. The normalized spacial score (nSPS) is 20.7. The summed E-state index contributed by atoms with van der Waals surface area (Å²) in [5.41, 5.74) is 8.24. The van der Waals surface area contributed by atoms with Crippen LogP contribution in [0.1, 0.15) is 17.5 Å². The summed E-state index contributed by atoms with van der Waals surface area (Å²) in [5.74, 6) is -0.122. The molecule has 2 rings (SSSR count). The van der Waals surface area contributed by atoms with Gasteiger partial charge in [-0.25, -0.2) is 4.99 Å². The van der Waals surface area contributed by atoms with Crippen molar-refractivity contribution in [2.75, 3.05) is 27.2 Å². The number of benzene rings is 1. The molecule has 0 saturated heterocycles. The first kappa shape index (κ1) is 16.8. The third-order valence-electron chi connectivity index (χ3n) is 3.55. The van der Waals surface area contributed by atoms with Gasteiger partial charge in [0.05, 0.1) is 0 Å². The molecule has 1 unspecified atom stereocenters. The minimum absolute atomic E-state index is 0.689. The van der Waals surface area contributed by atoms with Crippen molar-refractivity contribution in [1.29, 1.82) is 0 Å². The van der Waals surface area contributed by atoms with Crippen molar-refractivity contribution < 1.29 is 0 Å². The van der Waals surface area contributed by atoms with E-state index in [-0.39, 0.29) is 0 Å². The molecule has 1 aliphatic rings. The highest BCUT2D eigenvalue weighted by molar-refractivity contribution is 6.31. The first-order chi connectivity index (χ1) is 10.4. The van der Waals surface area contributed by atoms with Crippen LogP contribution in [0.4, 0.5) is 0 Å². The number of halogens is 1. The predicted molar refractivity (Wildman–Crippen MR) is 92.9 cm³/mol. The number of nitrogens with zero attached hydrogens (tertiary/aromatic N) is 2. The fourth-order valence-corrected chi connectivity index (χ4v) is 2.39. The van der Waals surface area contributed by atoms with Crippen LogP contribution in [0.3, 0.4) is 0 Å². The average molecular weight is 322 g/mol. The largest absolute Gasteiger partial charge is 0.372 e. The van der Waals surface area contributed by atoms with E-state index in [4.69, 9.17) is 17.3 Å². The van der Waals surface area contributed by atoms with Crippen LogP contribution < -0.4 is 16.4 Å². The Kier molecular flexibility index (Phi) is 5.45. The Morgan fingerprint density at radius 2 is 2.18 bits per heavy atom. The highest BCUT2D eigenvalue weighted by Crippen LogP contribution is 2.25. The van der Waals surface area contributed by atoms with E-state index < -0.39 is 5.79 Å². The minimum atomic E-state index is -0.990. The Balaban J connectivity index is 2.00. The topological polar surface area (TPSA) is 65.7 Å². The van der Waals surface area contributed by atoms with Crippen LogP contribution in [-0.2, 0) is 5.79 Å². The molecule has 120 valence electrons. The summed E-state index contributed by atoms with van der Waals surface area (Å²) in [6.07, 6.45) is 4.66. The zero-order valence-corrected chi connectivity index (χ0v) is 14.1. The predicted octanol–water partition coefficient (Wildman–Crippen LogP) is 1.77. The fraction of sp³-hybridized carbons (Fsp3) is 0.438. The molecule has 0 aliphatic carbocycles. The number of aryl methyl sites for hydroxylation is 1. The summed E-state index contributed by atoms with van der Waals surface area (Å²) in [7, 11) is 4.13. The molecule has 22 heavy (non-hydrogen) atoms. The van der Waals surface area contributed by atoms with E-state index in [2.05, 4.69) is 34.6 Å². The number of aliphatic imine (C=N–C) groups is 1. The molecule has 0 radical (unpaired) electrons. The van der Waals surface area contributed by atoms with Crippen molar-refractivity contribution in [3.63, 3.8) is 0 Å². The molecular weight excluding hydrogens is 298 g/mol. The summed E-state index contributed by atoms with van der Waals surface area (Å²) in [5, 5.41) is 7.27. The van der Waals surface area contributed by atoms with Gasteiger partial charge in [0.15, 0.2) is 0 Å². The summed E-state index contributed by atoms with van der Waals surface area (Å²) in [6, 6.07) is 5.75. The number of hydrogen-bond acceptors (Lipinski definition) is 5. The van der Waals surface area contributed by atoms with Gasteiger partial charge in [0.25, 0.3) is 0 Å². The van der Waals surface area contributed by atoms with E-state index in [1.54, 1.807) is 6.21 Å². The van der Waals surface area contributed by atoms with Gasteiger partial charge in [-0.05, 0) is 51.7 Å². The van der Waals surface area contributed by atoms with Crippen molar-refractivity contribution in [3.05, 3.63) is 46.2 Å². The Hall–Kier alpha value is -1.56. The van der Waals surface area contributed by atoms with E-state index in [9.17, 15) is 0 Å². The van der Waals surface area contributed by atoms with Gasteiger partial charge in [0, 0.05) is 23.3 Å². The van der Waals surface area contributed by atoms with Crippen molar-refractivity contribution in [1.82, 2.24) is 15.5 Å². The molecule has 6 heteroatoms. The molecule has 0 saturated carbocycles. The van der Waals surface area contributed by atoms with E-state index in [0.717, 1.165) is 36.5 Å². The third-order valence-corrected chi connectivity index (χ3v) is 3.96. The Morgan fingerprint density at radius 3 is 2.86 bits per heavy atom. The van der Waals surface area contributed by atoms with Crippen LogP contribution in [0.2, 0.25) is 5.02 Å². The van der Waals surface area contributed by atoms with E-state index in [0.29, 0.717) is 5.02 Å². The van der Waals surface area contributed by atoms with Crippen LogP contribution in [0, 0.1) is 6.92 Å². The number of allylic oxidation sites excluding steroid dienone is 1. The summed E-state index contributed by atoms with van der Waals surface area (Å²) >= 11 is 6.19. The van der Waals surface area contributed by atoms with Crippen molar-refractivity contribution in [2.45, 2.75) is 19.1 Å².